The van der Waals surface area contributed by atoms with Crippen molar-refractivity contribution >= 4 is 33.1 Å². The normalized spacial score (nSPS) is 11.8. The highest BCUT2D eigenvalue weighted by Crippen LogP contribution is 2.36. The molecule has 0 amide bonds. The zero-order valence-corrected chi connectivity index (χ0v) is 21.5. The Morgan fingerprint density at radius 3 is 2.42 bits per heavy atom. The van der Waals surface area contributed by atoms with Crippen molar-refractivity contribution in [2.45, 2.75) is 26.7 Å². The van der Waals surface area contributed by atoms with Gasteiger partial charge in [0.05, 0.1) is 11.2 Å². The molecule has 0 spiro atoms. The van der Waals surface area contributed by atoms with Crippen LogP contribution < -0.4 is 0 Å². The number of rotatable bonds is 4. The van der Waals surface area contributed by atoms with Crippen molar-refractivity contribution in [3.05, 3.63) is 109 Å². The van der Waals surface area contributed by atoms with E-state index in [1.165, 1.54) is 11.1 Å². The molecule has 7 aromatic rings. The summed E-state index contributed by atoms with van der Waals surface area (Å²) in [6, 6.07) is 29.5. The van der Waals surface area contributed by atoms with Crippen LogP contribution >= 0.6 is 0 Å². The van der Waals surface area contributed by atoms with Crippen LogP contribution in [-0.4, -0.2) is 19.5 Å². The maximum Gasteiger partial charge on any atom is 0.227 e. The van der Waals surface area contributed by atoms with Crippen LogP contribution in [0.15, 0.2) is 102 Å². The van der Waals surface area contributed by atoms with Crippen LogP contribution in [-0.2, 0) is 0 Å². The summed E-state index contributed by atoms with van der Waals surface area (Å²) in [5.74, 6) is 1.18. The molecule has 0 saturated heterocycles. The number of hydrogen-bond donors (Lipinski definition) is 0. The molecule has 0 aliphatic heterocycles. The first-order valence-electron chi connectivity index (χ1n) is 12.9. The molecule has 0 N–H and O–H groups in total. The van der Waals surface area contributed by atoms with E-state index in [4.69, 9.17) is 14.4 Å². The van der Waals surface area contributed by atoms with E-state index in [0.717, 1.165) is 55.7 Å². The third kappa shape index (κ3) is 3.51. The molecule has 5 nitrogen and oxygen atoms in total. The minimum Gasteiger partial charge on any atom is -0.437 e. The lowest BCUT2D eigenvalue weighted by Gasteiger charge is -2.11. The number of benzene rings is 3. The average molecular weight is 495 g/mol. The third-order valence-corrected chi connectivity index (χ3v) is 7.23. The highest BCUT2D eigenvalue weighted by Gasteiger charge is 2.20. The second-order valence-electron chi connectivity index (χ2n) is 10.0. The van der Waals surface area contributed by atoms with Gasteiger partial charge in [-0.1, -0.05) is 74.5 Å². The molecule has 5 heteroatoms. The Morgan fingerprint density at radius 2 is 1.58 bits per heavy atom. The van der Waals surface area contributed by atoms with E-state index in [0.29, 0.717) is 11.6 Å². The first-order chi connectivity index (χ1) is 18.6. The van der Waals surface area contributed by atoms with Crippen LogP contribution in [0.5, 0.6) is 0 Å². The minimum atomic E-state index is 0.357. The number of aromatic nitrogens is 4. The van der Waals surface area contributed by atoms with E-state index in [-0.39, 0.29) is 0 Å². The maximum atomic E-state index is 6.25. The molecule has 0 unspecified atom stereocenters. The van der Waals surface area contributed by atoms with E-state index >= 15 is 0 Å². The van der Waals surface area contributed by atoms with Crippen LogP contribution in [0.3, 0.4) is 0 Å². The number of imidazole rings is 1. The Morgan fingerprint density at radius 1 is 0.763 bits per heavy atom. The Bertz CT molecular complexity index is 1960. The smallest absolute Gasteiger partial charge is 0.227 e. The quantitative estimate of drug-likeness (QED) is 0.246. The zero-order chi connectivity index (χ0) is 25.8. The monoisotopic (exact) mass is 494 g/mol. The molecule has 184 valence electrons. The molecule has 38 heavy (non-hydrogen) atoms. The predicted molar refractivity (Wildman–Crippen MR) is 154 cm³/mol. The standard InChI is InChI=1S/C33H26N4O/c1-20(2)26-13-8-14-27-28-18-24(19-35-33(28)38-31(26)27)32-36-30-21(3)34-16-15-29(30)37(32)25-12-7-11-23(17-25)22-9-5-4-6-10-22/h4-20H,1-3H3. The Balaban J connectivity index is 1.48. The van der Waals surface area contributed by atoms with Gasteiger partial charge in [-0.15, -0.1) is 0 Å². The Kier molecular flexibility index (Phi) is 5.11. The Hall–Kier alpha value is -4.77. The lowest BCUT2D eigenvalue weighted by atomic mass is 10.0. The summed E-state index contributed by atoms with van der Waals surface area (Å²) in [6.07, 6.45) is 3.71. The third-order valence-electron chi connectivity index (χ3n) is 7.23. The van der Waals surface area contributed by atoms with Crippen molar-refractivity contribution in [3.8, 4) is 28.2 Å². The fraction of sp³-hybridized carbons (Fsp3) is 0.121. The fourth-order valence-electron chi connectivity index (χ4n) is 5.32. The van der Waals surface area contributed by atoms with Crippen molar-refractivity contribution in [3.63, 3.8) is 0 Å². The summed E-state index contributed by atoms with van der Waals surface area (Å²) in [4.78, 5) is 14.4. The number of furan rings is 1. The van der Waals surface area contributed by atoms with Gasteiger partial charge in [-0.2, -0.15) is 0 Å². The van der Waals surface area contributed by atoms with Gasteiger partial charge in [-0.3, -0.25) is 9.55 Å². The van der Waals surface area contributed by atoms with Gasteiger partial charge < -0.3 is 4.42 Å². The maximum absolute atomic E-state index is 6.25. The molecule has 4 heterocycles. The highest BCUT2D eigenvalue weighted by atomic mass is 16.3. The van der Waals surface area contributed by atoms with Crippen molar-refractivity contribution in [2.75, 3.05) is 0 Å². The zero-order valence-electron chi connectivity index (χ0n) is 21.5. The first kappa shape index (κ1) is 22.4. The van der Waals surface area contributed by atoms with E-state index in [2.05, 4.69) is 96.2 Å². The molecule has 0 saturated carbocycles. The van der Waals surface area contributed by atoms with Gasteiger partial charge >= 0.3 is 0 Å². The van der Waals surface area contributed by atoms with Gasteiger partial charge in [-0.25, -0.2) is 9.97 Å². The molecule has 4 aromatic heterocycles. The van der Waals surface area contributed by atoms with Crippen LogP contribution in [0, 0.1) is 6.92 Å². The molecule has 7 rings (SSSR count). The number of pyridine rings is 2. The minimum absolute atomic E-state index is 0.357. The Labute approximate surface area is 220 Å². The number of para-hydroxylation sites is 1. The number of hydrogen-bond acceptors (Lipinski definition) is 4. The van der Waals surface area contributed by atoms with Crippen LogP contribution in [0.1, 0.15) is 31.0 Å². The number of aryl methyl sites for hydroxylation is 1. The van der Waals surface area contributed by atoms with Gasteiger partial charge in [0.15, 0.2) is 0 Å². The SMILES string of the molecule is Cc1nccc2c1nc(-c1cnc3oc4c(C(C)C)cccc4c3c1)n2-c1cccc(-c2ccccc2)c1. The lowest BCUT2D eigenvalue weighted by molar-refractivity contribution is 0.643. The summed E-state index contributed by atoms with van der Waals surface area (Å²) in [7, 11) is 0. The van der Waals surface area contributed by atoms with E-state index in [1.807, 2.05) is 31.5 Å². The van der Waals surface area contributed by atoms with Gasteiger partial charge in [0.2, 0.25) is 5.71 Å². The van der Waals surface area contributed by atoms with Crippen LogP contribution in [0.4, 0.5) is 0 Å². The summed E-state index contributed by atoms with van der Waals surface area (Å²) >= 11 is 0. The molecule has 0 aliphatic rings. The second-order valence-corrected chi connectivity index (χ2v) is 10.0. The molecular formula is C33H26N4O. The van der Waals surface area contributed by atoms with Gasteiger partial charge in [0.1, 0.15) is 16.9 Å². The summed E-state index contributed by atoms with van der Waals surface area (Å²) in [6.45, 7) is 6.37. The largest absolute Gasteiger partial charge is 0.437 e. The predicted octanol–water partition coefficient (Wildman–Crippen LogP) is 8.48. The van der Waals surface area contributed by atoms with Gasteiger partial charge in [-0.05, 0) is 53.8 Å². The summed E-state index contributed by atoms with van der Waals surface area (Å²) in [5, 5.41) is 2.07. The van der Waals surface area contributed by atoms with Crippen molar-refractivity contribution in [2.24, 2.45) is 0 Å². The second kappa shape index (κ2) is 8.67. The number of nitrogens with zero attached hydrogens (tertiary/aromatic N) is 4. The molecule has 0 atom stereocenters. The lowest BCUT2D eigenvalue weighted by Crippen LogP contribution is -1.98. The molecule has 0 aliphatic carbocycles. The topological polar surface area (TPSA) is 56.7 Å². The van der Waals surface area contributed by atoms with E-state index < -0.39 is 0 Å². The van der Waals surface area contributed by atoms with Gasteiger partial charge in [0.25, 0.3) is 0 Å². The molecule has 0 radical (unpaired) electrons. The molecular weight excluding hydrogens is 468 g/mol. The van der Waals surface area contributed by atoms with Gasteiger partial charge in [0, 0.05) is 34.4 Å². The number of fused-ring (bicyclic) bond motifs is 4. The van der Waals surface area contributed by atoms with Crippen molar-refractivity contribution in [1.29, 1.82) is 0 Å². The van der Waals surface area contributed by atoms with Crippen molar-refractivity contribution < 1.29 is 4.42 Å². The van der Waals surface area contributed by atoms with E-state index in [1.54, 1.807) is 0 Å². The fourth-order valence-corrected chi connectivity index (χ4v) is 5.32. The molecule has 0 fully saturated rings. The van der Waals surface area contributed by atoms with E-state index in [9.17, 15) is 0 Å². The van der Waals surface area contributed by atoms with Crippen molar-refractivity contribution in [1.82, 2.24) is 19.5 Å². The summed E-state index contributed by atoms with van der Waals surface area (Å²) in [5.41, 5.74) is 9.81. The summed E-state index contributed by atoms with van der Waals surface area (Å²) < 4.78 is 8.45. The molecule has 0 bridgehead atoms. The van der Waals surface area contributed by atoms with Crippen LogP contribution in [0.25, 0.3) is 61.3 Å². The molecule has 3 aromatic carbocycles. The average Bonchev–Trinajstić information content (AvgIpc) is 3.53. The van der Waals surface area contributed by atoms with Crippen LogP contribution in [0.2, 0.25) is 0 Å². The first-order valence-corrected chi connectivity index (χ1v) is 12.9. The highest BCUT2D eigenvalue weighted by molar-refractivity contribution is 6.06.